The molecule has 7 nitrogen and oxygen atoms in total. The molecule has 2 aromatic rings. The molecule has 2 aromatic heterocycles. The number of hydrogen-bond acceptors (Lipinski definition) is 4. The van der Waals surface area contributed by atoms with Gasteiger partial charge in [0.2, 0.25) is 0 Å². The Balaban J connectivity index is 1.85. The normalized spacial score (nSPS) is 11.8. The van der Waals surface area contributed by atoms with E-state index in [1.54, 1.807) is 17.1 Å². The maximum Gasteiger partial charge on any atom is 0.319 e. The third kappa shape index (κ3) is 4.98. The molecule has 7 heteroatoms. The van der Waals surface area contributed by atoms with Gasteiger partial charge in [-0.3, -0.25) is 4.68 Å². The summed E-state index contributed by atoms with van der Waals surface area (Å²) in [6, 6.07) is 5.35. The number of carbonyl (C=O) groups is 1. The molecule has 0 saturated carbocycles. The van der Waals surface area contributed by atoms with Crippen molar-refractivity contribution in [3.63, 3.8) is 0 Å². The van der Waals surface area contributed by atoms with Gasteiger partial charge in [-0.25, -0.2) is 9.78 Å². The molecule has 0 aliphatic heterocycles. The summed E-state index contributed by atoms with van der Waals surface area (Å²) in [6.07, 6.45) is 5.26. The maximum atomic E-state index is 12.0. The molecule has 0 unspecified atom stereocenters. The molecule has 0 aromatic carbocycles. The Bertz CT molecular complexity index is 592. The van der Waals surface area contributed by atoms with Crippen LogP contribution in [0.15, 0.2) is 36.8 Å². The average molecular weight is 316 g/mol. The SMILES string of the molecule is CCN(CC)c1ccc(NC(=O)N[C@H](C)Cn2cccn2)cn1. The van der Waals surface area contributed by atoms with Crippen molar-refractivity contribution in [2.75, 3.05) is 23.3 Å². The number of nitrogens with one attached hydrogen (secondary N) is 2. The fourth-order valence-corrected chi connectivity index (χ4v) is 2.32. The van der Waals surface area contributed by atoms with Crippen LogP contribution in [0.25, 0.3) is 0 Å². The third-order valence-electron chi connectivity index (χ3n) is 3.49. The Morgan fingerprint density at radius 2 is 2.13 bits per heavy atom. The van der Waals surface area contributed by atoms with E-state index in [9.17, 15) is 4.79 Å². The zero-order valence-electron chi connectivity index (χ0n) is 13.9. The molecule has 0 spiro atoms. The summed E-state index contributed by atoms with van der Waals surface area (Å²) in [7, 11) is 0. The van der Waals surface area contributed by atoms with Gasteiger partial charge < -0.3 is 15.5 Å². The van der Waals surface area contributed by atoms with Crippen molar-refractivity contribution in [3.8, 4) is 0 Å². The number of anilines is 2. The number of nitrogens with zero attached hydrogens (tertiary/aromatic N) is 4. The van der Waals surface area contributed by atoms with Crippen molar-refractivity contribution < 1.29 is 4.79 Å². The average Bonchev–Trinajstić information content (AvgIpc) is 3.02. The molecule has 0 aliphatic rings. The van der Waals surface area contributed by atoms with E-state index in [2.05, 4.69) is 39.5 Å². The van der Waals surface area contributed by atoms with E-state index in [1.807, 2.05) is 31.3 Å². The Morgan fingerprint density at radius 3 is 2.70 bits per heavy atom. The van der Waals surface area contributed by atoms with Crippen LogP contribution in [0, 0.1) is 0 Å². The number of aromatic nitrogens is 3. The summed E-state index contributed by atoms with van der Waals surface area (Å²) in [5.74, 6) is 0.910. The van der Waals surface area contributed by atoms with Crippen LogP contribution in [0.4, 0.5) is 16.3 Å². The van der Waals surface area contributed by atoms with Gasteiger partial charge >= 0.3 is 6.03 Å². The quantitative estimate of drug-likeness (QED) is 0.822. The van der Waals surface area contributed by atoms with E-state index in [4.69, 9.17) is 0 Å². The van der Waals surface area contributed by atoms with Gasteiger partial charge in [0, 0.05) is 31.5 Å². The summed E-state index contributed by atoms with van der Waals surface area (Å²) in [5, 5.41) is 9.79. The molecule has 0 fully saturated rings. The molecule has 0 bridgehead atoms. The van der Waals surface area contributed by atoms with Crippen molar-refractivity contribution >= 4 is 17.5 Å². The number of carbonyl (C=O) groups excluding carboxylic acids is 1. The van der Waals surface area contributed by atoms with Crippen LogP contribution in [-0.2, 0) is 6.54 Å². The lowest BCUT2D eigenvalue weighted by Gasteiger charge is -2.20. The van der Waals surface area contributed by atoms with E-state index < -0.39 is 0 Å². The van der Waals surface area contributed by atoms with Gasteiger partial charge in [0.1, 0.15) is 5.82 Å². The van der Waals surface area contributed by atoms with Gasteiger partial charge in [-0.15, -0.1) is 0 Å². The monoisotopic (exact) mass is 316 g/mol. The predicted molar refractivity (Wildman–Crippen MR) is 91.6 cm³/mol. The zero-order chi connectivity index (χ0) is 16.7. The van der Waals surface area contributed by atoms with Crippen LogP contribution in [-0.4, -0.2) is 39.9 Å². The molecule has 2 rings (SSSR count). The molecule has 2 N–H and O–H groups in total. The maximum absolute atomic E-state index is 12.0. The standard InChI is InChI=1S/C16H24N6O/c1-4-21(5-2)15-8-7-14(11-17-15)20-16(23)19-13(3)12-22-10-6-9-18-22/h6-11,13H,4-5,12H2,1-3H3,(H2,19,20,23)/t13-/m1/s1. The van der Waals surface area contributed by atoms with Crippen LogP contribution < -0.4 is 15.5 Å². The smallest absolute Gasteiger partial charge is 0.319 e. The van der Waals surface area contributed by atoms with Gasteiger partial charge in [-0.2, -0.15) is 5.10 Å². The molecular weight excluding hydrogens is 292 g/mol. The Hall–Kier alpha value is -2.57. The molecule has 2 amide bonds. The lowest BCUT2D eigenvalue weighted by molar-refractivity contribution is 0.247. The third-order valence-corrected chi connectivity index (χ3v) is 3.49. The molecule has 1 atom stereocenters. The molecular formula is C16H24N6O. The molecule has 124 valence electrons. The first kappa shape index (κ1) is 16.8. The highest BCUT2D eigenvalue weighted by Gasteiger charge is 2.09. The van der Waals surface area contributed by atoms with E-state index in [0.29, 0.717) is 12.2 Å². The van der Waals surface area contributed by atoms with Crippen molar-refractivity contribution in [2.45, 2.75) is 33.4 Å². The van der Waals surface area contributed by atoms with Gasteiger partial charge in [-0.05, 0) is 39.0 Å². The fraction of sp³-hybridized carbons (Fsp3) is 0.438. The van der Waals surface area contributed by atoms with E-state index in [-0.39, 0.29) is 12.1 Å². The highest BCUT2D eigenvalue weighted by molar-refractivity contribution is 5.89. The Kier molecular flexibility index (Phi) is 5.96. The van der Waals surface area contributed by atoms with Gasteiger partial charge in [-0.1, -0.05) is 0 Å². The molecule has 2 heterocycles. The van der Waals surface area contributed by atoms with Crippen LogP contribution in [0.3, 0.4) is 0 Å². The number of urea groups is 1. The van der Waals surface area contributed by atoms with E-state index in [0.717, 1.165) is 18.9 Å². The number of amides is 2. The largest absolute Gasteiger partial charge is 0.357 e. The number of rotatable bonds is 7. The lowest BCUT2D eigenvalue weighted by Crippen LogP contribution is -2.38. The lowest BCUT2D eigenvalue weighted by atomic mass is 10.3. The van der Waals surface area contributed by atoms with Crippen molar-refractivity contribution in [1.29, 1.82) is 0 Å². The fourth-order valence-electron chi connectivity index (χ4n) is 2.32. The van der Waals surface area contributed by atoms with Crippen LogP contribution in [0.1, 0.15) is 20.8 Å². The van der Waals surface area contributed by atoms with Gasteiger partial charge in [0.25, 0.3) is 0 Å². The molecule has 0 aliphatic carbocycles. The van der Waals surface area contributed by atoms with Crippen molar-refractivity contribution in [3.05, 3.63) is 36.8 Å². The van der Waals surface area contributed by atoms with Crippen LogP contribution in [0.2, 0.25) is 0 Å². The molecule has 0 saturated heterocycles. The summed E-state index contributed by atoms with van der Waals surface area (Å²) in [4.78, 5) is 18.5. The first-order valence-electron chi connectivity index (χ1n) is 7.88. The minimum absolute atomic E-state index is 0.0298. The van der Waals surface area contributed by atoms with E-state index >= 15 is 0 Å². The highest BCUT2D eigenvalue weighted by atomic mass is 16.2. The minimum Gasteiger partial charge on any atom is -0.357 e. The highest BCUT2D eigenvalue weighted by Crippen LogP contribution is 2.13. The predicted octanol–water partition coefficient (Wildman–Crippen LogP) is 2.33. The van der Waals surface area contributed by atoms with Gasteiger partial charge in [0.05, 0.1) is 18.4 Å². The molecule has 23 heavy (non-hydrogen) atoms. The summed E-state index contributed by atoms with van der Waals surface area (Å²) in [6.45, 7) is 8.55. The van der Waals surface area contributed by atoms with E-state index in [1.165, 1.54) is 0 Å². The number of hydrogen-bond donors (Lipinski definition) is 2. The van der Waals surface area contributed by atoms with Crippen molar-refractivity contribution in [2.24, 2.45) is 0 Å². The van der Waals surface area contributed by atoms with Gasteiger partial charge in [0.15, 0.2) is 0 Å². The Labute approximate surface area is 136 Å². The second-order valence-corrected chi connectivity index (χ2v) is 5.30. The minimum atomic E-state index is -0.248. The first-order valence-corrected chi connectivity index (χ1v) is 7.88. The Morgan fingerprint density at radius 1 is 1.35 bits per heavy atom. The second-order valence-electron chi connectivity index (χ2n) is 5.30. The van der Waals surface area contributed by atoms with Crippen molar-refractivity contribution in [1.82, 2.24) is 20.1 Å². The first-order chi connectivity index (χ1) is 11.1. The van der Waals surface area contributed by atoms with Crippen LogP contribution >= 0.6 is 0 Å². The summed E-state index contributed by atoms with van der Waals surface area (Å²) in [5.41, 5.74) is 0.671. The number of pyridine rings is 1. The zero-order valence-corrected chi connectivity index (χ0v) is 13.9. The second kappa shape index (κ2) is 8.17. The topological polar surface area (TPSA) is 75.1 Å². The van der Waals surface area contributed by atoms with Crippen LogP contribution in [0.5, 0.6) is 0 Å². The molecule has 0 radical (unpaired) electrons. The summed E-state index contributed by atoms with van der Waals surface area (Å²) >= 11 is 0. The summed E-state index contributed by atoms with van der Waals surface area (Å²) < 4.78 is 1.78.